The molecule has 132 valence electrons. The first-order chi connectivity index (χ1) is 11.4. The van der Waals surface area contributed by atoms with Gasteiger partial charge in [0.1, 0.15) is 0 Å². The van der Waals surface area contributed by atoms with E-state index >= 15 is 0 Å². The van der Waals surface area contributed by atoms with Gasteiger partial charge in [0.05, 0.1) is 0 Å². The Kier molecular flexibility index (Phi) is 4.84. The fraction of sp³-hybridized carbons (Fsp3) is 0.562. The van der Waals surface area contributed by atoms with Gasteiger partial charge < -0.3 is 19.7 Å². The Labute approximate surface area is 137 Å². The molecular formula is C16H19F3N2O3. The summed E-state index contributed by atoms with van der Waals surface area (Å²) in [6.07, 6.45) is -4.43. The van der Waals surface area contributed by atoms with E-state index in [1.807, 2.05) is 0 Å². The third-order valence-electron chi connectivity index (χ3n) is 4.33. The van der Waals surface area contributed by atoms with Crippen molar-refractivity contribution in [1.29, 1.82) is 0 Å². The van der Waals surface area contributed by atoms with Gasteiger partial charge in [-0.1, -0.05) is 12.1 Å². The first-order valence-electron chi connectivity index (χ1n) is 7.82. The summed E-state index contributed by atoms with van der Waals surface area (Å²) in [7, 11) is 0. The maximum absolute atomic E-state index is 12.3. The molecule has 2 aliphatic rings. The van der Waals surface area contributed by atoms with Crippen molar-refractivity contribution in [3.05, 3.63) is 24.3 Å². The molecular weight excluding hydrogens is 325 g/mol. The second kappa shape index (κ2) is 6.88. The molecule has 5 nitrogen and oxygen atoms in total. The van der Waals surface area contributed by atoms with Crippen LogP contribution in [0.25, 0.3) is 0 Å². The molecule has 0 aliphatic carbocycles. The quantitative estimate of drug-likeness (QED) is 0.883. The summed E-state index contributed by atoms with van der Waals surface area (Å²) < 4.78 is 47.0. The van der Waals surface area contributed by atoms with E-state index in [9.17, 15) is 18.0 Å². The van der Waals surface area contributed by atoms with Gasteiger partial charge in [0.2, 0.25) is 0 Å². The number of benzene rings is 1. The van der Waals surface area contributed by atoms with Crippen molar-refractivity contribution in [3.8, 4) is 11.5 Å². The van der Waals surface area contributed by atoms with Crippen molar-refractivity contribution in [1.82, 2.24) is 10.2 Å². The number of alkyl halides is 3. The minimum absolute atomic E-state index is 0.0230. The van der Waals surface area contributed by atoms with Gasteiger partial charge in [-0.25, -0.2) is 0 Å². The van der Waals surface area contributed by atoms with Crippen LogP contribution in [0.1, 0.15) is 0 Å². The van der Waals surface area contributed by atoms with Crippen LogP contribution < -0.4 is 14.8 Å². The number of para-hydroxylation sites is 2. The van der Waals surface area contributed by atoms with E-state index in [1.165, 1.54) is 12.1 Å². The van der Waals surface area contributed by atoms with Crippen molar-refractivity contribution in [2.45, 2.75) is 6.18 Å². The number of rotatable bonds is 5. The first-order valence-corrected chi connectivity index (χ1v) is 7.82. The summed E-state index contributed by atoms with van der Waals surface area (Å²) in [6, 6.07) is 6.04. The molecule has 0 saturated carbocycles. The number of ether oxygens (including phenoxy) is 2. The second-order valence-electron chi connectivity index (χ2n) is 6.12. The summed E-state index contributed by atoms with van der Waals surface area (Å²) in [5, 5.41) is 3.30. The smallest absolute Gasteiger partial charge is 0.422 e. The van der Waals surface area contributed by atoms with Gasteiger partial charge in [-0.2, -0.15) is 13.2 Å². The van der Waals surface area contributed by atoms with Gasteiger partial charge in [0.15, 0.2) is 24.7 Å². The van der Waals surface area contributed by atoms with E-state index in [-0.39, 0.29) is 24.0 Å². The van der Waals surface area contributed by atoms with Crippen LogP contribution in [-0.2, 0) is 4.79 Å². The summed E-state index contributed by atoms with van der Waals surface area (Å²) in [5.41, 5.74) is 0. The number of carbonyl (C=O) groups excluding carboxylic acids is 1. The zero-order chi connectivity index (χ0) is 17.2. The molecule has 2 saturated heterocycles. The van der Waals surface area contributed by atoms with Crippen LogP contribution >= 0.6 is 0 Å². The number of hydrogen-bond donors (Lipinski definition) is 1. The number of amides is 1. The van der Waals surface area contributed by atoms with E-state index in [1.54, 1.807) is 17.0 Å². The van der Waals surface area contributed by atoms with E-state index in [4.69, 9.17) is 9.47 Å². The third-order valence-corrected chi connectivity index (χ3v) is 4.33. The molecule has 0 radical (unpaired) electrons. The summed E-state index contributed by atoms with van der Waals surface area (Å²) in [4.78, 5) is 14.0. The summed E-state index contributed by atoms with van der Waals surface area (Å²) in [6.45, 7) is 1.63. The fourth-order valence-electron chi connectivity index (χ4n) is 3.14. The highest BCUT2D eigenvalue weighted by atomic mass is 19.4. The van der Waals surface area contributed by atoms with Gasteiger partial charge in [0.25, 0.3) is 5.91 Å². The second-order valence-corrected chi connectivity index (χ2v) is 6.12. The number of nitrogens with zero attached hydrogens (tertiary/aromatic N) is 1. The lowest BCUT2D eigenvalue weighted by atomic mass is 10.0. The highest BCUT2D eigenvalue weighted by Gasteiger charge is 2.38. The lowest BCUT2D eigenvalue weighted by Crippen LogP contribution is -2.35. The van der Waals surface area contributed by atoms with E-state index in [0.717, 1.165) is 13.1 Å². The van der Waals surface area contributed by atoms with Gasteiger partial charge >= 0.3 is 6.18 Å². The van der Waals surface area contributed by atoms with Gasteiger partial charge in [-0.3, -0.25) is 4.79 Å². The predicted octanol–water partition coefficient (Wildman–Crippen LogP) is 1.68. The number of carbonyl (C=O) groups is 1. The maximum Gasteiger partial charge on any atom is 0.422 e. The molecule has 1 amide bonds. The molecule has 2 fully saturated rings. The zero-order valence-electron chi connectivity index (χ0n) is 13.0. The molecule has 0 spiro atoms. The Balaban J connectivity index is 1.54. The predicted molar refractivity (Wildman–Crippen MR) is 79.9 cm³/mol. The van der Waals surface area contributed by atoms with Gasteiger partial charge in [-0.15, -0.1) is 0 Å². The minimum atomic E-state index is -4.43. The van der Waals surface area contributed by atoms with Crippen LogP contribution in [-0.4, -0.2) is 56.4 Å². The van der Waals surface area contributed by atoms with Crippen molar-refractivity contribution in [2.75, 3.05) is 39.4 Å². The molecule has 2 heterocycles. The van der Waals surface area contributed by atoms with Crippen LogP contribution in [0.5, 0.6) is 11.5 Å². The number of halogens is 3. The average Bonchev–Trinajstić information content (AvgIpc) is 3.12. The van der Waals surface area contributed by atoms with Crippen LogP contribution in [0.3, 0.4) is 0 Å². The molecule has 1 aromatic rings. The van der Waals surface area contributed by atoms with E-state index in [0.29, 0.717) is 24.9 Å². The number of likely N-dealkylation sites (tertiary alicyclic amines) is 1. The van der Waals surface area contributed by atoms with E-state index < -0.39 is 12.8 Å². The summed E-state index contributed by atoms with van der Waals surface area (Å²) >= 11 is 0. The number of nitrogens with one attached hydrogen (secondary N) is 1. The minimum Gasteiger partial charge on any atom is -0.480 e. The SMILES string of the molecule is O=C(COc1ccccc1OCC(F)(F)F)N1C[C@H]2CNC[C@H]2C1. The van der Waals surface area contributed by atoms with Crippen LogP contribution in [0, 0.1) is 11.8 Å². The molecule has 8 heteroatoms. The first kappa shape index (κ1) is 16.9. The lowest BCUT2D eigenvalue weighted by molar-refractivity contribution is -0.153. The average molecular weight is 344 g/mol. The van der Waals surface area contributed by atoms with Crippen LogP contribution in [0.2, 0.25) is 0 Å². The lowest BCUT2D eigenvalue weighted by Gasteiger charge is -2.18. The Hall–Kier alpha value is -1.96. The van der Waals surface area contributed by atoms with Gasteiger partial charge in [0, 0.05) is 26.2 Å². The molecule has 2 aliphatic heterocycles. The molecule has 0 unspecified atom stereocenters. The molecule has 1 aromatic carbocycles. The number of fused-ring (bicyclic) bond motifs is 1. The monoisotopic (exact) mass is 344 g/mol. The largest absolute Gasteiger partial charge is 0.480 e. The summed E-state index contributed by atoms with van der Waals surface area (Å²) in [5.74, 6) is 0.920. The van der Waals surface area contributed by atoms with Crippen molar-refractivity contribution in [3.63, 3.8) is 0 Å². The Morgan fingerprint density at radius 3 is 2.29 bits per heavy atom. The molecule has 3 rings (SSSR count). The highest BCUT2D eigenvalue weighted by Crippen LogP contribution is 2.29. The van der Waals surface area contributed by atoms with Gasteiger partial charge in [-0.05, 0) is 24.0 Å². The zero-order valence-corrected chi connectivity index (χ0v) is 13.0. The molecule has 0 aromatic heterocycles. The van der Waals surface area contributed by atoms with E-state index in [2.05, 4.69) is 5.32 Å². The Bertz CT molecular complexity index is 582. The van der Waals surface area contributed by atoms with Crippen molar-refractivity contribution < 1.29 is 27.4 Å². The van der Waals surface area contributed by atoms with Crippen LogP contribution in [0.15, 0.2) is 24.3 Å². The fourth-order valence-corrected chi connectivity index (χ4v) is 3.14. The number of hydrogen-bond acceptors (Lipinski definition) is 4. The normalized spacial score (nSPS) is 23.2. The molecule has 1 N–H and O–H groups in total. The highest BCUT2D eigenvalue weighted by molar-refractivity contribution is 5.78. The molecule has 0 bridgehead atoms. The van der Waals surface area contributed by atoms with Crippen molar-refractivity contribution >= 4 is 5.91 Å². The molecule has 2 atom stereocenters. The Morgan fingerprint density at radius 2 is 1.71 bits per heavy atom. The van der Waals surface area contributed by atoms with Crippen molar-refractivity contribution in [2.24, 2.45) is 11.8 Å². The molecule has 24 heavy (non-hydrogen) atoms. The van der Waals surface area contributed by atoms with Crippen LogP contribution in [0.4, 0.5) is 13.2 Å². The topological polar surface area (TPSA) is 50.8 Å². The Morgan fingerprint density at radius 1 is 1.12 bits per heavy atom. The standard InChI is InChI=1S/C16H19F3N2O3/c17-16(18,19)10-24-14-4-2-1-3-13(14)23-9-15(22)21-7-11-5-20-6-12(11)8-21/h1-4,11-12,20H,5-10H2/t11-,12+. The third kappa shape index (κ3) is 4.11. The maximum atomic E-state index is 12.3.